The summed E-state index contributed by atoms with van der Waals surface area (Å²) in [7, 11) is -3.38. The molecule has 24 heavy (non-hydrogen) atoms. The Labute approximate surface area is 144 Å². The highest BCUT2D eigenvalue weighted by atomic mass is 32.2. The maximum absolute atomic E-state index is 13.0. The van der Waals surface area contributed by atoms with Crippen molar-refractivity contribution < 1.29 is 17.9 Å². The molecule has 2 fully saturated rings. The van der Waals surface area contributed by atoms with Gasteiger partial charge in [0.05, 0.1) is 12.3 Å². The lowest BCUT2D eigenvalue weighted by Crippen LogP contribution is -2.49. The fourth-order valence-corrected chi connectivity index (χ4v) is 7.23. The highest BCUT2D eigenvalue weighted by Crippen LogP contribution is 2.67. The first-order valence-corrected chi connectivity index (χ1v) is 10.5. The van der Waals surface area contributed by atoms with Gasteiger partial charge in [-0.2, -0.15) is 0 Å². The van der Waals surface area contributed by atoms with Crippen LogP contribution in [0.4, 0.5) is 0 Å². The van der Waals surface area contributed by atoms with E-state index in [9.17, 15) is 13.2 Å². The van der Waals surface area contributed by atoms with Gasteiger partial charge in [0, 0.05) is 18.5 Å². The van der Waals surface area contributed by atoms with Crippen molar-refractivity contribution in [1.29, 1.82) is 0 Å². The summed E-state index contributed by atoms with van der Waals surface area (Å²) in [6.07, 6.45) is 2.25. The number of hydrogen-bond donors (Lipinski definition) is 0. The molecule has 1 heterocycles. The van der Waals surface area contributed by atoms with E-state index < -0.39 is 15.4 Å². The predicted molar refractivity (Wildman–Crippen MR) is 92.4 cm³/mol. The summed E-state index contributed by atoms with van der Waals surface area (Å²) in [6.45, 7) is 9.41. The zero-order valence-electron chi connectivity index (χ0n) is 15.0. The predicted octanol–water partition coefficient (Wildman–Crippen LogP) is 1.85. The standard InChI is InChI=1S/C17H28N2O4S/c1-5-19(6-2)24(21,22)11-17-8-7-12(16(17,3)4)9-14(17)23-15(20)13-10-18-13/h12,14H,5-11H2,1-4H3/t12-,14-,17-/m1/s1. The second-order valence-corrected chi connectivity index (χ2v) is 9.82. The minimum Gasteiger partial charge on any atom is -0.457 e. The molecule has 0 aromatic rings. The maximum atomic E-state index is 13.0. The Kier molecular flexibility index (Phi) is 4.31. The second-order valence-electron chi connectivity index (χ2n) is 7.85. The second kappa shape index (κ2) is 5.80. The molecule has 0 aromatic heterocycles. The zero-order valence-corrected chi connectivity index (χ0v) is 15.9. The van der Waals surface area contributed by atoms with Crippen molar-refractivity contribution in [3.05, 3.63) is 0 Å². The average molecular weight is 356 g/mol. The average Bonchev–Trinajstić information content (AvgIpc) is 3.28. The van der Waals surface area contributed by atoms with Gasteiger partial charge >= 0.3 is 5.97 Å². The normalized spacial score (nSPS) is 33.6. The van der Waals surface area contributed by atoms with Gasteiger partial charge in [0.15, 0.2) is 0 Å². The third kappa shape index (κ3) is 2.60. The molecule has 0 radical (unpaired) electrons. The fraction of sp³-hybridized carbons (Fsp3) is 0.882. The van der Waals surface area contributed by atoms with Crippen molar-refractivity contribution in [3.63, 3.8) is 0 Å². The molecule has 0 unspecified atom stereocenters. The Morgan fingerprint density at radius 1 is 1.33 bits per heavy atom. The quantitative estimate of drug-likeness (QED) is 0.652. The molecule has 2 bridgehead atoms. The van der Waals surface area contributed by atoms with Crippen LogP contribution >= 0.6 is 0 Å². The van der Waals surface area contributed by atoms with Gasteiger partial charge < -0.3 is 4.74 Å². The summed E-state index contributed by atoms with van der Waals surface area (Å²) >= 11 is 0. The molecule has 2 aliphatic carbocycles. The first-order valence-electron chi connectivity index (χ1n) is 8.90. The number of sulfonamides is 1. The van der Waals surface area contributed by atoms with Gasteiger partial charge in [-0.15, -0.1) is 0 Å². The van der Waals surface area contributed by atoms with Crippen LogP contribution in [0.2, 0.25) is 0 Å². The highest BCUT2D eigenvalue weighted by Gasteiger charge is 2.67. The van der Waals surface area contributed by atoms with E-state index in [1.54, 1.807) is 0 Å². The first-order chi connectivity index (χ1) is 11.2. The fourth-order valence-electron chi connectivity index (χ4n) is 4.91. The number of fused-ring (bicyclic) bond motifs is 2. The monoisotopic (exact) mass is 356 g/mol. The van der Waals surface area contributed by atoms with E-state index in [0.29, 0.717) is 31.3 Å². The molecule has 136 valence electrons. The number of aliphatic imine (C=N–C) groups is 1. The van der Waals surface area contributed by atoms with Crippen LogP contribution in [-0.2, 0) is 19.6 Å². The minimum atomic E-state index is -3.38. The van der Waals surface area contributed by atoms with Gasteiger partial charge in [0.2, 0.25) is 10.0 Å². The summed E-state index contributed by atoms with van der Waals surface area (Å²) in [5.74, 6) is 0.113. The van der Waals surface area contributed by atoms with Crippen LogP contribution in [0.3, 0.4) is 0 Å². The van der Waals surface area contributed by atoms with Gasteiger partial charge in [-0.1, -0.05) is 27.7 Å². The van der Waals surface area contributed by atoms with Crippen molar-refractivity contribution in [2.24, 2.45) is 21.7 Å². The van der Waals surface area contributed by atoms with E-state index in [2.05, 4.69) is 18.8 Å². The molecular weight excluding hydrogens is 328 g/mol. The lowest BCUT2D eigenvalue weighted by molar-refractivity contribution is -0.147. The molecule has 0 amide bonds. The number of nitrogens with zero attached hydrogens (tertiary/aromatic N) is 2. The van der Waals surface area contributed by atoms with E-state index in [0.717, 1.165) is 19.3 Å². The van der Waals surface area contributed by atoms with Crippen molar-refractivity contribution in [2.75, 3.05) is 25.4 Å². The minimum absolute atomic E-state index is 0.0651. The molecule has 6 nitrogen and oxygen atoms in total. The van der Waals surface area contributed by atoms with Gasteiger partial charge in [0.1, 0.15) is 11.8 Å². The maximum Gasteiger partial charge on any atom is 0.354 e. The molecule has 0 spiro atoms. The topological polar surface area (TPSA) is 76.0 Å². The van der Waals surface area contributed by atoms with Crippen LogP contribution < -0.4 is 0 Å². The Morgan fingerprint density at radius 3 is 2.46 bits per heavy atom. The Morgan fingerprint density at radius 2 is 1.96 bits per heavy atom. The number of rotatable bonds is 7. The number of esters is 1. The molecule has 1 aliphatic heterocycles. The Bertz CT molecular complexity index is 666. The van der Waals surface area contributed by atoms with E-state index >= 15 is 0 Å². The van der Waals surface area contributed by atoms with Crippen LogP contribution in [-0.4, -0.2) is 55.9 Å². The summed E-state index contributed by atoms with van der Waals surface area (Å²) in [6, 6.07) is 0. The largest absolute Gasteiger partial charge is 0.457 e. The third-order valence-corrected chi connectivity index (χ3v) is 8.88. The number of hydrogen-bond acceptors (Lipinski definition) is 5. The van der Waals surface area contributed by atoms with Crippen LogP contribution in [0.15, 0.2) is 4.99 Å². The van der Waals surface area contributed by atoms with Gasteiger partial charge in [-0.3, -0.25) is 4.99 Å². The molecule has 3 atom stereocenters. The molecule has 0 saturated heterocycles. The lowest BCUT2D eigenvalue weighted by Gasteiger charge is -2.42. The van der Waals surface area contributed by atoms with E-state index in [1.807, 2.05) is 13.8 Å². The van der Waals surface area contributed by atoms with Crippen LogP contribution in [0.5, 0.6) is 0 Å². The van der Waals surface area contributed by atoms with E-state index in [1.165, 1.54) is 4.31 Å². The zero-order chi connectivity index (χ0) is 17.8. The molecule has 2 saturated carbocycles. The van der Waals surface area contributed by atoms with E-state index in [4.69, 9.17) is 4.74 Å². The third-order valence-electron chi connectivity index (χ3n) is 6.70. The van der Waals surface area contributed by atoms with Crippen molar-refractivity contribution in [2.45, 2.75) is 53.1 Å². The highest BCUT2D eigenvalue weighted by molar-refractivity contribution is 7.89. The van der Waals surface area contributed by atoms with Gasteiger partial charge in [-0.25, -0.2) is 17.5 Å². The molecule has 3 aliphatic rings. The van der Waals surface area contributed by atoms with Gasteiger partial charge in [-0.05, 0) is 30.6 Å². The number of carbonyl (C=O) groups is 1. The smallest absolute Gasteiger partial charge is 0.354 e. The molecule has 0 aromatic carbocycles. The van der Waals surface area contributed by atoms with Gasteiger partial charge in [0.25, 0.3) is 0 Å². The van der Waals surface area contributed by atoms with E-state index in [-0.39, 0.29) is 23.2 Å². The first kappa shape index (κ1) is 17.9. The summed E-state index contributed by atoms with van der Waals surface area (Å²) < 4.78 is 33.2. The van der Waals surface area contributed by atoms with Crippen molar-refractivity contribution >= 4 is 21.7 Å². The SMILES string of the molecule is CCN(CC)S(=O)(=O)C[C@]12CC[C@H](C[C@H]1OC(=O)C1=NC1)C2(C)C. The van der Waals surface area contributed by atoms with Crippen molar-refractivity contribution in [3.8, 4) is 0 Å². The number of carbonyl (C=O) groups excluding carboxylic acids is 1. The van der Waals surface area contributed by atoms with Crippen molar-refractivity contribution in [1.82, 2.24) is 4.31 Å². The molecular formula is C17H28N2O4S. The summed E-state index contributed by atoms with van der Waals surface area (Å²) in [5, 5.41) is 0. The molecule has 7 heteroatoms. The summed E-state index contributed by atoms with van der Waals surface area (Å²) in [5.41, 5.74) is -0.161. The number of ether oxygens (including phenoxy) is 1. The molecule has 0 N–H and O–H groups in total. The summed E-state index contributed by atoms with van der Waals surface area (Å²) in [4.78, 5) is 16.0. The Balaban J connectivity index is 1.89. The molecule has 3 rings (SSSR count). The van der Waals surface area contributed by atoms with Crippen LogP contribution in [0.1, 0.15) is 47.0 Å². The Hall–Kier alpha value is -0.950. The van der Waals surface area contributed by atoms with Crippen LogP contribution in [0, 0.1) is 16.7 Å². The van der Waals surface area contributed by atoms with Crippen LogP contribution in [0.25, 0.3) is 0 Å². The lowest BCUT2D eigenvalue weighted by atomic mass is 9.69.